The summed E-state index contributed by atoms with van der Waals surface area (Å²) in [5.41, 5.74) is -0.183. The van der Waals surface area contributed by atoms with Crippen molar-refractivity contribution >= 4 is 18.4 Å². The van der Waals surface area contributed by atoms with E-state index in [1.165, 1.54) is 25.1 Å². The largest absolute Gasteiger partial charge is 0.389 e. The second-order valence-corrected chi connectivity index (χ2v) is 3.82. The van der Waals surface area contributed by atoms with Gasteiger partial charge in [0.15, 0.2) is 5.78 Å². The van der Waals surface area contributed by atoms with Crippen LogP contribution in [0, 0.1) is 5.82 Å². The van der Waals surface area contributed by atoms with Gasteiger partial charge in [-0.15, -0.1) is 0 Å². The third-order valence-corrected chi connectivity index (χ3v) is 2.65. The Bertz CT molecular complexity index is 395. The zero-order valence-electron chi connectivity index (χ0n) is 8.72. The SMILES string of the molecule is CC(=O)c1cccc(C(O)C(O)CS)c1F. The fourth-order valence-corrected chi connectivity index (χ4v) is 1.56. The van der Waals surface area contributed by atoms with Gasteiger partial charge in [0.1, 0.15) is 11.9 Å². The number of Topliss-reactive ketones (excluding diaryl/α,β-unsaturated/α-hetero) is 1. The molecule has 0 spiro atoms. The molecule has 0 saturated heterocycles. The Kier molecular flexibility index (Phi) is 4.46. The van der Waals surface area contributed by atoms with Crippen LogP contribution in [0.3, 0.4) is 0 Å². The maximum absolute atomic E-state index is 13.8. The van der Waals surface area contributed by atoms with E-state index in [4.69, 9.17) is 0 Å². The van der Waals surface area contributed by atoms with E-state index in [2.05, 4.69) is 12.6 Å². The van der Waals surface area contributed by atoms with Crippen molar-refractivity contribution in [1.29, 1.82) is 0 Å². The molecule has 1 aromatic carbocycles. The molecule has 3 nitrogen and oxygen atoms in total. The van der Waals surface area contributed by atoms with E-state index in [0.29, 0.717) is 0 Å². The molecule has 0 saturated carbocycles. The molecule has 0 aliphatic carbocycles. The summed E-state index contributed by atoms with van der Waals surface area (Å²) in [5.74, 6) is -1.21. The van der Waals surface area contributed by atoms with Crippen molar-refractivity contribution in [3.8, 4) is 0 Å². The van der Waals surface area contributed by atoms with Crippen molar-refractivity contribution in [2.24, 2.45) is 0 Å². The highest BCUT2D eigenvalue weighted by Gasteiger charge is 2.22. The second kappa shape index (κ2) is 5.43. The van der Waals surface area contributed by atoms with Crippen LogP contribution < -0.4 is 0 Å². The third-order valence-electron chi connectivity index (χ3n) is 2.28. The van der Waals surface area contributed by atoms with Gasteiger partial charge >= 0.3 is 0 Å². The lowest BCUT2D eigenvalue weighted by Gasteiger charge is -2.17. The van der Waals surface area contributed by atoms with E-state index in [-0.39, 0.29) is 16.9 Å². The topological polar surface area (TPSA) is 57.5 Å². The molecule has 88 valence electrons. The number of carbonyl (C=O) groups is 1. The van der Waals surface area contributed by atoms with Crippen molar-refractivity contribution < 1.29 is 19.4 Å². The highest BCUT2D eigenvalue weighted by molar-refractivity contribution is 7.80. The highest BCUT2D eigenvalue weighted by Crippen LogP contribution is 2.23. The summed E-state index contributed by atoms with van der Waals surface area (Å²) in [6, 6.07) is 4.13. The smallest absolute Gasteiger partial charge is 0.162 e. The first-order chi connectivity index (χ1) is 7.49. The molecule has 0 fully saturated rings. The minimum Gasteiger partial charge on any atom is -0.389 e. The normalized spacial score (nSPS) is 14.6. The van der Waals surface area contributed by atoms with Gasteiger partial charge in [0, 0.05) is 11.3 Å². The van der Waals surface area contributed by atoms with Gasteiger partial charge in [-0.2, -0.15) is 12.6 Å². The summed E-state index contributed by atoms with van der Waals surface area (Å²) in [7, 11) is 0. The van der Waals surface area contributed by atoms with E-state index in [9.17, 15) is 19.4 Å². The van der Waals surface area contributed by atoms with Crippen LogP contribution in [0.2, 0.25) is 0 Å². The zero-order valence-corrected chi connectivity index (χ0v) is 9.62. The third kappa shape index (κ3) is 2.61. The van der Waals surface area contributed by atoms with Crippen molar-refractivity contribution in [2.75, 3.05) is 5.75 Å². The van der Waals surface area contributed by atoms with E-state index >= 15 is 0 Å². The van der Waals surface area contributed by atoms with Crippen LogP contribution in [-0.4, -0.2) is 27.9 Å². The molecule has 16 heavy (non-hydrogen) atoms. The predicted octanol–water partition coefficient (Wildman–Crippen LogP) is 1.35. The van der Waals surface area contributed by atoms with E-state index in [1.54, 1.807) is 0 Å². The first kappa shape index (κ1) is 13.2. The summed E-state index contributed by atoms with van der Waals surface area (Å²) in [6.45, 7) is 1.24. The van der Waals surface area contributed by atoms with Crippen molar-refractivity contribution in [2.45, 2.75) is 19.1 Å². The summed E-state index contributed by atoms with van der Waals surface area (Å²) >= 11 is 3.81. The molecule has 1 rings (SSSR count). The number of carbonyl (C=O) groups excluding carboxylic acids is 1. The molecular formula is C11H13FO3S. The number of aliphatic hydroxyl groups excluding tert-OH is 2. The van der Waals surface area contributed by atoms with Gasteiger partial charge in [-0.1, -0.05) is 12.1 Å². The Balaban J connectivity index is 3.15. The maximum atomic E-state index is 13.8. The van der Waals surface area contributed by atoms with Gasteiger partial charge in [-0.25, -0.2) is 4.39 Å². The summed E-state index contributed by atoms with van der Waals surface area (Å²) in [6.07, 6.45) is -2.54. The lowest BCUT2D eigenvalue weighted by Crippen LogP contribution is -2.21. The van der Waals surface area contributed by atoms with Crippen LogP contribution in [0.15, 0.2) is 18.2 Å². The maximum Gasteiger partial charge on any atom is 0.162 e. The number of benzene rings is 1. The molecule has 2 N–H and O–H groups in total. The van der Waals surface area contributed by atoms with E-state index in [1.807, 2.05) is 0 Å². The number of ketones is 1. The van der Waals surface area contributed by atoms with Gasteiger partial charge < -0.3 is 10.2 Å². The molecule has 0 aliphatic rings. The lowest BCUT2D eigenvalue weighted by molar-refractivity contribution is 0.0314. The molecule has 0 amide bonds. The first-order valence-electron chi connectivity index (χ1n) is 4.75. The number of rotatable bonds is 4. The fraction of sp³-hybridized carbons (Fsp3) is 0.364. The minimum absolute atomic E-state index is 0.00487. The van der Waals surface area contributed by atoms with Gasteiger partial charge in [0.25, 0.3) is 0 Å². The lowest BCUT2D eigenvalue weighted by atomic mass is 10.00. The molecule has 1 aromatic rings. The predicted molar refractivity (Wildman–Crippen MR) is 61.2 cm³/mol. The van der Waals surface area contributed by atoms with E-state index < -0.39 is 23.8 Å². The van der Waals surface area contributed by atoms with Crippen molar-refractivity contribution in [3.05, 3.63) is 35.1 Å². The number of halogens is 1. The minimum atomic E-state index is -1.38. The highest BCUT2D eigenvalue weighted by atomic mass is 32.1. The van der Waals surface area contributed by atoms with Crippen LogP contribution in [0.1, 0.15) is 28.9 Å². The van der Waals surface area contributed by atoms with Gasteiger partial charge in [0.2, 0.25) is 0 Å². The summed E-state index contributed by atoms with van der Waals surface area (Å²) < 4.78 is 13.8. The van der Waals surface area contributed by atoms with Crippen molar-refractivity contribution in [1.82, 2.24) is 0 Å². The van der Waals surface area contributed by atoms with Gasteiger partial charge in [-0.3, -0.25) is 4.79 Å². The standard InChI is InChI=1S/C11H13FO3S/c1-6(13)7-3-2-4-8(10(7)12)11(15)9(14)5-16/h2-4,9,11,14-16H,5H2,1H3. The average Bonchev–Trinajstić information content (AvgIpc) is 2.27. The molecular weight excluding hydrogens is 231 g/mol. The Morgan fingerprint density at radius 3 is 2.62 bits per heavy atom. The monoisotopic (exact) mass is 244 g/mol. The second-order valence-electron chi connectivity index (χ2n) is 3.46. The molecule has 0 bridgehead atoms. The zero-order chi connectivity index (χ0) is 12.3. The number of hydrogen-bond donors (Lipinski definition) is 3. The Morgan fingerprint density at radius 1 is 1.50 bits per heavy atom. The summed E-state index contributed by atoms with van der Waals surface area (Å²) in [5, 5.41) is 19.0. The van der Waals surface area contributed by atoms with E-state index in [0.717, 1.165) is 0 Å². The molecule has 0 radical (unpaired) electrons. The quantitative estimate of drug-likeness (QED) is 0.553. The Morgan fingerprint density at radius 2 is 2.12 bits per heavy atom. The Labute approximate surface area is 98.3 Å². The number of thiol groups is 1. The molecule has 0 aliphatic heterocycles. The van der Waals surface area contributed by atoms with Crippen LogP contribution in [0.25, 0.3) is 0 Å². The molecule has 2 unspecified atom stereocenters. The molecule has 2 atom stereocenters. The first-order valence-corrected chi connectivity index (χ1v) is 5.38. The van der Waals surface area contributed by atoms with Crippen molar-refractivity contribution in [3.63, 3.8) is 0 Å². The molecule has 0 aromatic heterocycles. The van der Waals surface area contributed by atoms with Crippen LogP contribution in [0.5, 0.6) is 0 Å². The molecule has 0 heterocycles. The molecule has 5 heteroatoms. The Hall–Kier alpha value is -0.910. The number of hydrogen-bond acceptors (Lipinski definition) is 4. The average molecular weight is 244 g/mol. The fourth-order valence-electron chi connectivity index (χ4n) is 1.36. The van der Waals surface area contributed by atoms with Crippen LogP contribution in [-0.2, 0) is 0 Å². The number of aliphatic hydroxyl groups is 2. The van der Waals surface area contributed by atoms with Crippen LogP contribution in [0.4, 0.5) is 4.39 Å². The summed E-state index contributed by atoms with van der Waals surface area (Å²) in [4.78, 5) is 11.1. The van der Waals surface area contributed by atoms with Gasteiger partial charge in [-0.05, 0) is 13.0 Å². The van der Waals surface area contributed by atoms with Crippen LogP contribution >= 0.6 is 12.6 Å². The van der Waals surface area contributed by atoms with Gasteiger partial charge in [0.05, 0.1) is 11.7 Å².